The van der Waals surface area contributed by atoms with Gasteiger partial charge < -0.3 is 114 Å². The van der Waals surface area contributed by atoms with E-state index in [1.165, 1.54) is 78.1 Å². The first-order valence-corrected chi connectivity index (χ1v) is 50.4. The van der Waals surface area contributed by atoms with Crippen LogP contribution in [0.1, 0.15) is 145 Å². The normalized spacial score (nSPS) is 22.8. The standard InChI is InChI=1S/C93H101N17O32P4/c1-50(2)83(113)102-89-101-82-79(88(118)103-89)97-49-110(82)76-39-65(70(137-76)46-131-144(123)139-62-37-74(108-41-52(4)85(115)105-92(108)121)133-66(62)42-128-93(56-21-15-10-16-22-56,57-24-28-59(126-6)29-25-57)58-26-30-60(127-7)31-27-58)142-146(125)130-44-68-63(36-72(135-68)106-34-33-71(99-90(106)119)98-86(116)54-17-11-8-12-18-54)140-145(124)132-45-69-64(38-75(136-69)109-48-96-78-80(94-47-95-81(78)109)100-87(117)55-19-13-9-14-20-55)141-143(122)129-43-67-61(138-77(112)32-23-53(5)111)35-73(134-67)107-40-51(3)84(114)104-91(107)120/h8-22,24-31,33-34,40-41,47-50,61-70,72-76,122-125H,23,32,35-39,42-46H2,1-7H3,(H,104,114,120)(H,105,115,121)(H,94,95,100,117)(H,98,99,116,119)(H2,101,102,103,113,118)/t61-,62-,63-,64-,65-,66+,67+,68+,69+,70+,72+,73+,74+,75+,76+,143?,144?,145?,146?/m0/s1. The molecule has 5 aliphatic heterocycles. The largest absolute Gasteiger partial charge is 0.497 e. The quantitative estimate of drug-likeness (QED) is 0.00976. The number of hydrogen-bond acceptors (Lipinski definition) is 38. The minimum absolute atomic E-state index is 0.0353. The summed E-state index contributed by atoms with van der Waals surface area (Å²) >= 11 is 0. The maximum absolute atomic E-state index is 14.2. The van der Waals surface area contributed by atoms with Crippen molar-refractivity contribution in [3.05, 3.63) is 285 Å². The maximum atomic E-state index is 14.2. The van der Waals surface area contributed by atoms with Crippen molar-refractivity contribution in [1.82, 2.24) is 67.7 Å². The number of nitrogens with zero attached hydrogens (tertiary/aromatic N) is 11. The molecular weight excluding hydrogens is 1990 g/mol. The van der Waals surface area contributed by atoms with Crippen LogP contribution >= 0.6 is 34.4 Å². The highest BCUT2D eigenvalue weighted by molar-refractivity contribution is 7.41. The van der Waals surface area contributed by atoms with Gasteiger partial charge >= 0.3 is 57.4 Å². The van der Waals surface area contributed by atoms with Crippen molar-refractivity contribution in [2.45, 2.75) is 177 Å². The van der Waals surface area contributed by atoms with Crippen LogP contribution in [-0.2, 0) is 89.3 Å². The van der Waals surface area contributed by atoms with Crippen LogP contribution in [0.2, 0.25) is 0 Å². The van der Waals surface area contributed by atoms with E-state index in [4.69, 9.17) is 78.8 Å². The molecule has 49 nitrogen and oxygen atoms in total. The maximum Gasteiger partial charge on any atom is 0.351 e. The number of carbonyl (C=O) groups excluding carboxylic acids is 5. The molecule has 0 radical (unpaired) electrons. The number of nitrogens with one attached hydrogen (secondary N) is 6. The Morgan fingerprint density at radius 3 is 1.34 bits per heavy atom. The van der Waals surface area contributed by atoms with E-state index in [1.807, 2.05) is 54.6 Å². The Labute approximate surface area is 832 Å². The summed E-state index contributed by atoms with van der Waals surface area (Å²) in [6.07, 6.45) is -12.0. The van der Waals surface area contributed by atoms with Gasteiger partial charge in [0, 0.05) is 85.3 Å². The van der Waals surface area contributed by atoms with E-state index in [9.17, 15) is 72.3 Å². The van der Waals surface area contributed by atoms with Gasteiger partial charge in [0.15, 0.2) is 28.1 Å². The van der Waals surface area contributed by atoms with E-state index in [-0.39, 0.29) is 114 Å². The van der Waals surface area contributed by atoms with Gasteiger partial charge in [0.05, 0.1) is 90.7 Å². The zero-order valence-corrected chi connectivity index (χ0v) is 82.5. The lowest BCUT2D eigenvalue weighted by molar-refractivity contribution is -0.153. The third-order valence-electron chi connectivity index (χ3n) is 24.6. The van der Waals surface area contributed by atoms with E-state index in [1.54, 1.807) is 113 Å². The molecule has 5 aromatic carbocycles. The summed E-state index contributed by atoms with van der Waals surface area (Å²) < 4.78 is 113. The fraction of sp³-hybridized carbons (Fsp3) is 0.387. The van der Waals surface area contributed by atoms with Gasteiger partial charge in [0.25, 0.3) is 28.5 Å². The van der Waals surface area contributed by atoms with Crippen LogP contribution in [0.4, 0.5) is 17.6 Å². The van der Waals surface area contributed by atoms with Gasteiger partial charge in [-0.3, -0.25) is 76.7 Å². The number of ether oxygens (including phenoxy) is 9. The fourth-order valence-corrected chi connectivity index (χ4v) is 20.2. The summed E-state index contributed by atoms with van der Waals surface area (Å²) in [6.45, 7) is 4.85. The van der Waals surface area contributed by atoms with E-state index < -0.39 is 222 Å². The zero-order chi connectivity index (χ0) is 103. The highest BCUT2D eigenvalue weighted by Gasteiger charge is 2.49. The smallest absolute Gasteiger partial charge is 0.351 e. The van der Waals surface area contributed by atoms with Crippen LogP contribution in [-0.4, -0.2) is 225 Å². The number of Topliss-reactive ketones (excluding diaryl/α,β-unsaturated/α-hetero) is 1. The van der Waals surface area contributed by atoms with Crippen molar-refractivity contribution >= 4 is 104 Å². The Hall–Kier alpha value is -12.6. The molecule has 17 rings (SSSR count). The molecule has 0 spiro atoms. The van der Waals surface area contributed by atoms with Gasteiger partial charge in [-0.1, -0.05) is 105 Å². The van der Waals surface area contributed by atoms with E-state index in [0.717, 1.165) is 9.13 Å². The molecule has 0 bridgehead atoms. The molecule has 5 fully saturated rings. The van der Waals surface area contributed by atoms with Gasteiger partial charge in [-0.05, 0) is 92.1 Å². The Morgan fingerprint density at radius 2 is 0.877 bits per heavy atom. The summed E-state index contributed by atoms with van der Waals surface area (Å²) in [5.74, 6) is -2.38. The van der Waals surface area contributed by atoms with Crippen LogP contribution < -0.4 is 59.2 Å². The lowest BCUT2D eigenvalue weighted by Crippen LogP contribution is -2.38. The number of H-pyrrole nitrogens is 3. The minimum atomic E-state index is -3.13. The first-order chi connectivity index (χ1) is 70.4. The second-order valence-electron chi connectivity index (χ2n) is 34.6. The van der Waals surface area contributed by atoms with Crippen molar-refractivity contribution in [1.29, 1.82) is 0 Å². The third kappa shape index (κ3) is 24.6. The lowest BCUT2D eigenvalue weighted by Gasteiger charge is -2.37. The van der Waals surface area contributed by atoms with E-state index in [0.29, 0.717) is 33.8 Å². The second kappa shape index (κ2) is 47.1. The molecule has 0 aliphatic carbocycles. The predicted molar refractivity (Wildman–Crippen MR) is 517 cm³/mol. The van der Waals surface area contributed by atoms with Gasteiger partial charge in [-0.15, -0.1) is 0 Å². The number of ketones is 1. The Bertz CT molecular complexity index is 6990. The van der Waals surface area contributed by atoms with Gasteiger partial charge in [-0.2, -0.15) is 9.97 Å². The molecule has 770 valence electrons. The second-order valence-corrected chi connectivity index (χ2v) is 38.4. The van der Waals surface area contributed by atoms with Crippen molar-refractivity contribution in [2.24, 2.45) is 5.92 Å². The molecule has 0 saturated carbocycles. The molecule has 5 aliphatic rings. The monoisotopic (exact) mass is 2090 g/mol. The van der Waals surface area contributed by atoms with E-state index in [2.05, 4.69) is 60.8 Å². The number of rotatable bonds is 43. The highest BCUT2D eigenvalue weighted by Crippen LogP contribution is 2.51. The summed E-state index contributed by atoms with van der Waals surface area (Å²) in [4.78, 5) is 227. The van der Waals surface area contributed by atoms with Gasteiger partial charge in [0.1, 0.15) is 103 Å². The Morgan fingerprint density at radius 1 is 0.459 bits per heavy atom. The van der Waals surface area contributed by atoms with Crippen molar-refractivity contribution < 1.29 is 122 Å². The molecule has 19 atom stereocenters. The zero-order valence-electron chi connectivity index (χ0n) is 79.0. The number of amides is 3. The average Bonchev–Trinajstić information content (AvgIpc) is 0.828. The van der Waals surface area contributed by atoms with Crippen LogP contribution in [0.3, 0.4) is 0 Å². The fourth-order valence-electron chi connectivity index (χ4n) is 17.1. The molecule has 3 amide bonds. The number of methoxy groups -OCH3 is 2. The summed E-state index contributed by atoms with van der Waals surface area (Å²) in [6, 6.07) is 41.7. The molecule has 4 unspecified atom stereocenters. The minimum Gasteiger partial charge on any atom is -0.497 e. The molecular formula is C93H101N17O32P4. The summed E-state index contributed by atoms with van der Waals surface area (Å²) in [5, 5.41) is 7.96. The number of hydrogen-bond donors (Lipinski definition) is 10. The summed E-state index contributed by atoms with van der Waals surface area (Å²) in [5.41, 5.74) is -3.07. The summed E-state index contributed by atoms with van der Waals surface area (Å²) in [7, 11) is -9.18. The molecule has 12 heterocycles. The number of benzene rings is 5. The Balaban J connectivity index is 0.627. The SMILES string of the molecule is COc1ccc(C(OC[C@H]2O[C@@H](n3cc(C)c(=O)[nH]c3=O)C[C@@H]2OP(O)OC[C@H]2O[C@@H](n3cnc4c(=O)[nH]c(NC(=O)C(C)C)nc43)C[C@@H]2OP(O)OC[C@H]2O[C@@H](n3ccc(NC(=O)c4ccccc4)nc3=O)C[C@@H]2OP(O)OC[C@H]2O[C@@H](n3cnc4c(NC(=O)c5ccccc5)ncnc43)C[C@@H]2OP(O)OC[C@H]2O[C@@H](n3cc(C)c(=O)[nH]c3=O)C[C@@H]2OC(=O)CCC(C)=O)(c2ccccc2)c2ccc(OC)cc2)cc1. The number of aryl methyl sites for hydroxylation is 2. The topological polar surface area (TPSA) is 611 Å². The number of imidazole rings is 2. The lowest BCUT2D eigenvalue weighted by atomic mass is 9.80. The molecule has 146 heavy (non-hydrogen) atoms. The van der Waals surface area contributed by atoms with Gasteiger partial charge in [0.2, 0.25) is 11.9 Å². The van der Waals surface area contributed by atoms with Crippen LogP contribution in [0.15, 0.2) is 212 Å². The predicted octanol–water partition coefficient (Wildman–Crippen LogP) is 8.26. The molecule has 12 aromatic rings. The highest BCUT2D eigenvalue weighted by atomic mass is 31.2. The average molecular weight is 2090 g/mol. The Kier molecular flexibility index (Phi) is 33.8. The van der Waals surface area contributed by atoms with Crippen molar-refractivity contribution in [3.8, 4) is 11.5 Å². The van der Waals surface area contributed by atoms with Crippen LogP contribution in [0.25, 0.3) is 22.3 Å². The number of anilines is 3. The van der Waals surface area contributed by atoms with Crippen LogP contribution in [0, 0.1) is 19.8 Å². The molecule has 5 saturated heterocycles. The number of esters is 1. The number of aromatic amines is 3. The first kappa shape index (κ1) is 105. The molecule has 53 heteroatoms. The van der Waals surface area contributed by atoms with Crippen molar-refractivity contribution in [3.63, 3.8) is 0 Å². The number of fused-ring (bicyclic) bond motifs is 2. The molecule has 7 aromatic heterocycles. The van der Waals surface area contributed by atoms with E-state index >= 15 is 0 Å². The molecule has 10 N–H and O–H groups in total. The number of carbonyl (C=O) groups is 5. The third-order valence-corrected chi connectivity index (χ3v) is 27.9. The van der Waals surface area contributed by atoms with Crippen LogP contribution in [0.5, 0.6) is 11.5 Å². The number of aromatic nitrogens is 14. The van der Waals surface area contributed by atoms with Gasteiger partial charge in [-0.25, -0.2) is 34.3 Å². The first-order valence-electron chi connectivity index (χ1n) is 45.9. The van der Waals surface area contributed by atoms with Crippen molar-refractivity contribution in [2.75, 3.05) is 63.2 Å².